The highest BCUT2D eigenvalue weighted by Gasteiger charge is 2.42. The Labute approximate surface area is 170 Å². The summed E-state index contributed by atoms with van der Waals surface area (Å²) in [5, 5.41) is 28.6. The molecule has 150 valence electrons. The topological polar surface area (TPSA) is 107 Å². The van der Waals surface area contributed by atoms with Crippen molar-refractivity contribution in [1.82, 2.24) is 4.90 Å². The number of halogens is 2. The molecular formula is C18H27BCl2N2O4. The Hall–Kier alpha value is -0.825. The lowest BCUT2D eigenvalue weighted by Crippen LogP contribution is -2.56. The average Bonchev–Trinajstić information content (AvgIpc) is 2.62. The third-order valence-corrected chi connectivity index (χ3v) is 6.15. The molecule has 9 heteroatoms. The summed E-state index contributed by atoms with van der Waals surface area (Å²) in [7, 11) is -1.35. The predicted molar refractivity (Wildman–Crippen MR) is 108 cm³/mol. The fourth-order valence-corrected chi connectivity index (χ4v) is 4.05. The lowest BCUT2D eigenvalue weighted by atomic mass is 9.74. The molecule has 0 saturated carbocycles. The first-order valence-electron chi connectivity index (χ1n) is 9.27. The zero-order valence-electron chi connectivity index (χ0n) is 15.3. The van der Waals surface area contributed by atoms with Gasteiger partial charge >= 0.3 is 13.1 Å². The van der Waals surface area contributed by atoms with Crippen LogP contribution in [0.15, 0.2) is 18.2 Å². The molecule has 0 aliphatic carbocycles. The van der Waals surface area contributed by atoms with Crippen molar-refractivity contribution in [3.8, 4) is 0 Å². The lowest BCUT2D eigenvalue weighted by Gasteiger charge is -2.40. The third-order valence-electron chi connectivity index (χ3n) is 5.41. The number of hydrogen-bond acceptors (Lipinski definition) is 5. The minimum absolute atomic E-state index is 0.0981. The molecule has 6 nitrogen and oxygen atoms in total. The zero-order chi connectivity index (χ0) is 20.0. The zero-order valence-corrected chi connectivity index (χ0v) is 16.8. The van der Waals surface area contributed by atoms with Gasteiger partial charge in [0.15, 0.2) is 0 Å². The van der Waals surface area contributed by atoms with Crippen LogP contribution in [0.25, 0.3) is 0 Å². The van der Waals surface area contributed by atoms with E-state index in [2.05, 4.69) is 4.90 Å². The number of piperidine rings is 1. The van der Waals surface area contributed by atoms with E-state index >= 15 is 0 Å². The largest absolute Gasteiger partial charge is 0.480 e. The lowest BCUT2D eigenvalue weighted by molar-refractivity contribution is -0.147. The molecule has 1 aliphatic heterocycles. The number of nitrogens with zero attached hydrogens (tertiary/aromatic N) is 1. The molecule has 1 aromatic carbocycles. The van der Waals surface area contributed by atoms with Crippen LogP contribution >= 0.6 is 23.2 Å². The second-order valence-corrected chi connectivity index (χ2v) is 8.19. The van der Waals surface area contributed by atoms with E-state index in [1.54, 1.807) is 6.07 Å². The number of carbonyl (C=O) groups is 1. The second kappa shape index (κ2) is 10.1. The quantitative estimate of drug-likeness (QED) is 0.364. The van der Waals surface area contributed by atoms with E-state index in [0.717, 1.165) is 25.2 Å². The number of aliphatic carboxylic acids is 1. The van der Waals surface area contributed by atoms with Gasteiger partial charge in [-0.15, -0.1) is 0 Å². The van der Waals surface area contributed by atoms with E-state index in [-0.39, 0.29) is 12.2 Å². The average molecular weight is 417 g/mol. The summed E-state index contributed by atoms with van der Waals surface area (Å²) in [6.45, 7) is 2.28. The number of carboxylic acid groups (broad SMARTS) is 1. The van der Waals surface area contributed by atoms with Crippen molar-refractivity contribution < 1.29 is 19.9 Å². The van der Waals surface area contributed by atoms with Crippen molar-refractivity contribution in [2.75, 3.05) is 13.1 Å². The molecule has 1 saturated heterocycles. The number of benzene rings is 1. The number of carboxylic acids is 1. The molecule has 0 radical (unpaired) electrons. The fraction of sp³-hybridized carbons (Fsp3) is 0.611. The number of hydrogen-bond donors (Lipinski definition) is 4. The van der Waals surface area contributed by atoms with Crippen LogP contribution in [0.4, 0.5) is 0 Å². The van der Waals surface area contributed by atoms with Crippen LogP contribution < -0.4 is 5.73 Å². The first-order valence-corrected chi connectivity index (χ1v) is 10.0. The Morgan fingerprint density at radius 1 is 1.22 bits per heavy atom. The summed E-state index contributed by atoms with van der Waals surface area (Å²) in [4.78, 5) is 14.1. The van der Waals surface area contributed by atoms with Crippen LogP contribution in [0.2, 0.25) is 16.4 Å². The van der Waals surface area contributed by atoms with Gasteiger partial charge in [0.2, 0.25) is 0 Å². The molecule has 1 fully saturated rings. The predicted octanol–water partition coefficient (Wildman–Crippen LogP) is 2.63. The molecule has 1 atom stereocenters. The van der Waals surface area contributed by atoms with E-state index in [1.165, 1.54) is 0 Å². The molecular weight excluding hydrogens is 390 g/mol. The SMILES string of the molecule is NC(CCCCB(O)O)(C(=O)O)C1CCN(Cc2ccc(Cl)c(Cl)c2)CC1. The molecule has 5 N–H and O–H groups in total. The number of nitrogens with two attached hydrogens (primary N) is 1. The minimum atomic E-state index is -1.35. The van der Waals surface area contributed by atoms with Gasteiger partial charge in [0.1, 0.15) is 5.54 Å². The van der Waals surface area contributed by atoms with E-state index in [0.29, 0.717) is 42.1 Å². The first-order chi connectivity index (χ1) is 12.7. The van der Waals surface area contributed by atoms with Gasteiger partial charge < -0.3 is 20.9 Å². The van der Waals surface area contributed by atoms with Crippen LogP contribution in [0.5, 0.6) is 0 Å². The van der Waals surface area contributed by atoms with Crippen molar-refractivity contribution in [3.05, 3.63) is 33.8 Å². The van der Waals surface area contributed by atoms with Crippen molar-refractivity contribution in [1.29, 1.82) is 0 Å². The molecule has 0 bridgehead atoms. The normalized spacial score (nSPS) is 18.3. The Bertz CT molecular complexity index is 642. The van der Waals surface area contributed by atoms with Crippen LogP contribution in [0, 0.1) is 5.92 Å². The van der Waals surface area contributed by atoms with Gasteiger partial charge in [0, 0.05) is 6.54 Å². The molecule has 1 aliphatic rings. The Morgan fingerprint density at radius 2 is 1.89 bits per heavy atom. The highest BCUT2D eigenvalue weighted by molar-refractivity contribution is 6.42. The van der Waals surface area contributed by atoms with Crippen LogP contribution in [-0.4, -0.2) is 51.8 Å². The summed E-state index contributed by atoms with van der Waals surface area (Å²) < 4.78 is 0. The van der Waals surface area contributed by atoms with E-state index in [1.807, 2.05) is 12.1 Å². The molecule has 0 spiro atoms. The summed E-state index contributed by atoms with van der Waals surface area (Å²) in [5.41, 5.74) is 6.10. The van der Waals surface area contributed by atoms with Crippen molar-refractivity contribution >= 4 is 36.3 Å². The molecule has 0 aromatic heterocycles. The number of rotatable bonds is 9. The van der Waals surface area contributed by atoms with Crippen molar-refractivity contribution in [3.63, 3.8) is 0 Å². The van der Waals surface area contributed by atoms with E-state index in [9.17, 15) is 9.90 Å². The highest BCUT2D eigenvalue weighted by Crippen LogP contribution is 2.32. The van der Waals surface area contributed by atoms with Crippen LogP contribution in [0.1, 0.15) is 37.7 Å². The van der Waals surface area contributed by atoms with Crippen LogP contribution in [0.3, 0.4) is 0 Å². The van der Waals surface area contributed by atoms with Gasteiger partial charge in [-0.1, -0.05) is 42.1 Å². The highest BCUT2D eigenvalue weighted by atomic mass is 35.5. The minimum Gasteiger partial charge on any atom is -0.480 e. The Kier molecular flexibility index (Phi) is 8.40. The van der Waals surface area contributed by atoms with Gasteiger partial charge in [-0.2, -0.15) is 0 Å². The fourth-order valence-electron chi connectivity index (χ4n) is 3.73. The molecule has 2 rings (SSSR count). The molecule has 1 heterocycles. The molecule has 1 aromatic rings. The molecule has 0 amide bonds. The third kappa shape index (κ3) is 6.34. The van der Waals surface area contributed by atoms with Gasteiger partial charge in [-0.25, -0.2) is 0 Å². The van der Waals surface area contributed by atoms with E-state index < -0.39 is 18.6 Å². The van der Waals surface area contributed by atoms with E-state index in [4.69, 9.17) is 39.0 Å². The number of likely N-dealkylation sites (tertiary alicyclic amines) is 1. The maximum absolute atomic E-state index is 11.8. The standard InChI is InChI=1S/C18H27BCl2N2O4/c20-15-4-3-13(11-16(15)21)12-23-9-5-14(6-10-23)18(22,17(24)25)7-1-2-8-19(26)27/h3-4,11,14,26-27H,1-2,5-10,12,22H2,(H,24,25). The van der Waals surface area contributed by atoms with Gasteiger partial charge in [-0.05, 0) is 62.3 Å². The summed E-state index contributed by atoms with van der Waals surface area (Å²) >= 11 is 12.0. The smallest absolute Gasteiger partial charge is 0.451 e. The maximum Gasteiger partial charge on any atom is 0.451 e. The Balaban J connectivity index is 1.88. The first kappa shape index (κ1) is 22.5. The van der Waals surface area contributed by atoms with Crippen molar-refractivity contribution in [2.45, 2.75) is 50.5 Å². The summed E-state index contributed by atoms with van der Waals surface area (Å²) in [6.07, 6.45) is 3.10. The van der Waals surface area contributed by atoms with Crippen molar-refractivity contribution in [2.24, 2.45) is 11.7 Å². The second-order valence-electron chi connectivity index (χ2n) is 7.37. The summed E-state index contributed by atoms with van der Waals surface area (Å²) in [6, 6.07) is 5.58. The number of unbranched alkanes of at least 4 members (excludes halogenated alkanes) is 1. The van der Waals surface area contributed by atoms with Gasteiger partial charge in [0.25, 0.3) is 0 Å². The van der Waals surface area contributed by atoms with Crippen LogP contribution in [-0.2, 0) is 11.3 Å². The molecule has 1 unspecified atom stereocenters. The van der Waals surface area contributed by atoms with Gasteiger partial charge in [-0.3, -0.25) is 9.69 Å². The molecule has 27 heavy (non-hydrogen) atoms. The van der Waals surface area contributed by atoms with Gasteiger partial charge in [0.05, 0.1) is 10.0 Å². The maximum atomic E-state index is 11.8. The summed E-state index contributed by atoms with van der Waals surface area (Å²) in [5.74, 6) is -1.07. The monoisotopic (exact) mass is 416 g/mol. The Morgan fingerprint density at radius 3 is 2.44 bits per heavy atom.